The summed E-state index contributed by atoms with van der Waals surface area (Å²) in [6, 6.07) is 0. The zero-order chi connectivity index (χ0) is 10.8. The predicted octanol–water partition coefficient (Wildman–Crippen LogP) is 2.14. The molecule has 0 aliphatic rings. The smallest absolute Gasteiger partial charge is 0.303 e. The number of carboxylic acid groups (broad SMARTS) is 1. The summed E-state index contributed by atoms with van der Waals surface area (Å²) in [5.41, 5.74) is 0. The average molecular weight is 220 g/mol. The molecule has 0 heterocycles. The van der Waals surface area contributed by atoms with Crippen molar-refractivity contribution in [2.45, 2.75) is 44.3 Å². The lowest BCUT2D eigenvalue weighted by Gasteiger charge is -2.08. The number of hydrogen-bond donors (Lipinski definition) is 2. The highest BCUT2D eigenvalue weighted by molar-refractivity contribution is 7.99. The highest BCUT2D eigenvalue weighted by Crippen LogP contribution is 2.16. The van der Waals surface area contributed by atoms with Crippen LogP contribution in [0.3, 0.4) is 0 Å². The summed E-state index contributed by atoms with van der Waals surface area (Å²) in [6.07, 6.45) is 3.99. The van der Waals surface area contributed by atoms with Crippen LogP contribution in [0.2, 0.25) is 0 Å². The maximum atomic E-state index is 10.2. The molecule has 0 aromatic rings. The van der Waals surface area contributed by atoms with Gasteiger partial charge in [-0.1, -0.05) is 13.3 Å². The third-order valence-corrected chi connectivity index (χ3v) is 3.30. The molecule has 0 aromatic heterocycles. The van der Waals surface area contributed by atoms with Gasteiger partial charge < -0.3 is 10.2 Å². The minimum atomic E-state index is -0.702. The van der Waals surface area contributed by atoms with Crippen LogP contribution in [0.15, 0.2) is 0 Å². The van der Waals surface area contributed by atoms with Crippen LogP contribution < -0.4 is 0 Å². The van der Waals surface area contributed by atoms with Crippen LogP contribution in [-0.2, 0) is 4.79 Å². The van der Waals surface area contributed by atoms with E-state index in [1.54, 1.807) is 0 Å². The topological polar surface area (TPSA) is 57.5 Å². The minimum absolute atomic E-state index is 0.257. The van der Waals surface area contributed by atoms with E-state index in [0.29, 0.717) is 5.25 Å². The fraction of sp³-hybridized carbons (Fsp3) is 0.900. The van der Waals surface area contributed by atoms with Gasteiger partial charge in [0.1, 0.15) is 0 Å². The molecule has 0 radical (unpaired) electrons. The van der Waals surface area contributed by atoms with Gasteiger partial charge in [0.15, 0.2) is 0 Å². The van der Waals surface area contributed by atoms with Gasteiger partial charge in [0.2, 0.25) is 0 Å². The van der Waals surface area contributed by atoms with Gasteiger partial charge in [-0.25, -0.2) is 0 Å². The summed E-state index contributed by atoms with van der Waals surface area (Å²) in [5.74, 6) is 0.368. The first-order chi connectivity index (χ1) is 6.66. The van der Waals surface area contributed by atoms with Gasteiger partial charge in [0.25, 0.3) is 0 Å². The van der Waals surface area contributed by atoms with Gasteiger partial charge in [-0.2, -0.15) is 11.8 Å². The third-order valence-electron chi connectivity index (χ3n) is 1.97. The number of aliphatic hydroxyl groups is 1. The van der Waals surface area contributed by atoms with Crippen LogP contribution >= 0.6 is 11.8 Å². The molecule has 84 valence electrons. The SMILES string of the molecule is CC(CCO)SCCCCCC(=O)O. The van der Waals surface area contributed by atoms with Crippen LogP contribution in [-0.4, -0.2) is 33.8 Å². The van der Waals surface area contributed by atoms with E-state index in [9.17, 15) is 4.79 Å². The Bertz CT molecular complexity index is 150. The molecule has 0 saturated carbocycles. The number of aliphatic hydroxyl groups excluding tert-OH is 1. The Balaban J connectivity index is 3.09. The molecule has 14 heavy (non-hydrogen) atoms. The van der Waals surface area contributed by atoms with Crippen molar-refractivity contribution in [2.24, 2.45) is 0 Å². The number of carboxylic acids is 1. The van der Waals surface area contributed by atoms with Crippen molar-refractivity contribution < 1.29 is 15.0 Å². The highest BCUT2D eigenvalue weighted by atomic mass is 32.2. The van der Waals surface area contributed by atoms with E-state index >= 15 is 0 Å². The largest absolute Gasteiger partial charge is 0.481 e. The lowest BCUT2D eigenvalue weighted by Crippen LogP contribution is -2.00. The van der Waals surface area contributed by atoms with E-state index in [1.165, 1.54) is 0 Å². The van der Waals surface area contributed by atoms with E-state index in [1.807, 2.05) is 11.8 Å². The van der Waals surface area contributed by atoms with Gasteiger partial charge in [-0.05, 0) is 25.0 Å². The summed E-state index contributed by atoms with van der Waals surface area (Å²) in [4.78, 5) is 10.2. The van der Waals surface area contributed by atoms with Crippen molar-refractivity contribution in [3.63, 3.8) is 0 Å². The maximum absolute atomic E-state index is 10.2. The van der Waals surface area contributed by atoms with E-state index in [2.05, 4.69) is 6.92 Å². The molecule has 4 heteroatoms. The van der Waals surface area contributed by atoms with Crippen LogP contribution in [0, 0.1) is 0 Å². The molecule has 0 fully saturated rings. The average Bonchev–Trinajstić information content (AvgIpc) is 2.11. The van der Waals surface area contributed by atoms with Crippen molar-refractivity contribution >= 4 is 17.7 Å². The molecule has 0 amide bonds. The Labute approximate surface area is 89.9 Å². The zero-order valence-electron chi connectivity index (χ0n) is 8.74. The molecule has 0 aliphatic heterocycles. The number of thioether (sulfide) groups is 1. The lowest BCUT2D eigenvalue weighted by molar-refractivity contribution is -0.137. The van der Waals surface area contributed by atoms with Gasteiger partial charge in [-0.3, -0.25) is 4.79 Å². The monoisotopic (exact) mass is 220 g/mol. The predicted molar refractivity (Wildman–Crippen MR) is 59.7 cm³/mol. The second-order valence-corrected chi connectivity index (χ2v) is 4.94. The summed E-state index contributed by atoms with van der Waals surface area (Å²) in [7, 11) is 0. The van der Waals surface area contributed by atoms with Crippen molar-refractivity contribution in [3.8, 4) is 0 Å². The number of carbonyl (C=O) groups is 1. The van der Waals surface area contributed by atoms with E-state index in [4.69, 9.17) is 10.2 Å². The molecule has 0 aliphatic carbocycles. The summed E-state index contributed by atoms with van der Waals surface area (Å²) < 4.78 is 0. The van der Waals surface area contributed by atoms with Crippen LogP contribution in [0.5, 0.6) is 0 Å². The van der Waals surface area contributed by atoms with E-state index in [0.717, 1.165) is 31.4 Å². The molecule has 2 N–H and O–H groups in total. The molecule has 0 bridgehead atoms. The number of unbranched alkanes of at least 4 members (excludes halogenated alkanes) is 2. The Kier molecular flexibility index (Phi) is 9.19. The van der Waals surface area contributed by atoms with Gasteiger partial charge in [-0.15, -0.1) is 0 Å². The second kappa shape index (κ2) is 9.34. The molecule has 0 saturated heterocycles. The van der Waals surface area contributed by atoms with Crippen LogP contribution in [0.4, 0.5) is 0 Å². The van der Waals surface area contributed by atoms with E-state index in [-0.39, 0.29) is 13.0 Å². The van der Waals surface area contributed by atoms with Crippen molar-refractivity contribution in [1.82, 2.24) is 0 Å². The fourth-order valence-electron chi connectivity index (χ4n) is 1.10. The quantitative estimate of drug-likeness (QED) is 0.584. The summed E-state index contributed by atoms with van der Waals surface area (Å²) in [6.45, 7) is 2.37. The first kappa shape index (κ1) is 13.8. The van der Waals surface area contributed by atoms with Crippen molar-refractivity contribution in [2.75, 3.05) is 12.4 Å². The summed E-state index contributed by atoms with van der Waals surface area (Å²) in [5, 5.41) is 17.6. The molecule has 1 atom stereocenters. The molecule has 0 aromatic carbocycles. The Hall–Kier alpha value is -0.220. The molecular weight excluding hydrogens is 200 g/mol. The molecule has 0 spiro atoms. The Morgan fingerprint density at radius 2 is 2.07 bits per heavy atom. The lowest BCUT2D eigenvalue weighted by atomic mass is 10.2. The minimum Gasteiger partial charge on any atom is -0.481 e. The van der Waals surface area contributed by atoms with E-state index < -0.39 is 5.97 Å². The van der Waals surface area contributed by atoms with Gasteiger partial charge >= 0.3 is 5.97 Å². The van der Waals surface area contributed by atoms with Crippen LogP contribution in [0.1, 0.15) is 39.0 Å². The molecular formula is C10H20O3S. The standard InChI is InChI=1S/C10H20O3S/c1-9(6-7-11)14-8-4-2-3-5-10(12)13/h9,11H,2-8H2,1H3,(H,12,13). The number of aliphatic carboxylic acids is 1. The summed E-state index contributed by atoms with van der Waals surface area (Å²) >= 11 is 1.85. The highest BCUT2D eigenvalue weighted by Gasteiger charge is 2.01. The third kappa shape index (κ3) is 9.86. The Morgan fingerprint density at radius 3 is 2.64 bits per heavy atom. The normalized spacial score (nSPS) is 12.7. The molecule has 1 unspecified atom stereocenters. The molecule has 3 nitrogen and oxygen atoms in total. The fourth-order valence-corrected chi connectivity index (χ4v) is 2.15. The number of hydrogen-bond acceptors (Lipinski definition) is 3. The van der Waals surface area contributed by atoms with Crippen molar-refractivity contribution in [1.29, 1.82) is 0 Å². The molecule has 0 rings (SSSR count). The Morgan fingerprint density at radius 1 is 1.36 bits per heavy atom. The van der Waals surface area contributed by atoms with Gasteiger partial charge in [0, 0.05) is 18.3 Å². The van der Waals surface area contributed by atoms with Crippen LogP contribution in [0.25, 0.3) is 0 Å². The zero-order valence-corrected chi connectivity index (χ0v) is 9.55. The first-order valence-electron chi connectivity index (χ1n) is 5.11. The number of rotatable bonds is 9. The maximum Gasteiger partial charge on any atom is 0.303 e. The first-order valence-corrected chi connectivity index (χ1v) is 6.16. The van der Waals surface area contributed by atoms with Gasteiger partial charge in [0.05, 0.1) is 0 Å². The second-order valence-electron chi connectivity index (χ2n) is 3.40. The van der Waals surface area contributed by atoms with Crippen molar-refractivity contribution in [3.05, 3.63) is 0 Å².